The van der Waals surface area contributed by atoms with Crippen LogP contribution in [0.4, 0.5) is 8.78 Å². The minimum Gasteiger partial charge on any atom is -0.349 e. The highest BCUT2D eigenvalue weighted by Gasteiger charge is 2.31. The number of carbonyl (C=O) groups is 1. The molecule has 0 aliphatic carbocycles. The zero-order chi connectivity index (χ0) is 13.2. The van der Waals surface area contributed by atoms with Gasteiger partial charge in [0.2, 0.25) is 5.91 Å². The van der Waals surface area contributed by atoms with Gasteiger partial charge in [-0.15, -0.1) is 24.2 Å². The first kappa shape index (κ1) is 16.2. The van der Waals surface area contributed by atoms with E-state index in [1.54, 1.807) is 0 Å². The summed E-state index contributed by atoms with van der Waals surface area (Å²) in [5.41, 5.74) is 6.00. The zero-order valence-corrected chi connectivity index (χ0v) is 11.7. The molecule has 0 aromatic heterocycles. The number of fused-ring (bicyclic) bond motifs is 1. The standard InChI is InChI=1S/C12H14F2N2OS.ClH/c13-12(14,6-15)7-16-11(17)10-5-8-3-1-2-4-9(8)18-10;/h1-4,10H,5-7,15H2,(H,16,17);1H. The van der Waals surface area contributed by atoms with Gasteiger partial charge in [0.15, 0.2) is 0 Å². The summed E-state index contributed by atoms with van der Waals surface area (Å²) >= 11 is 1.41. The molecule has 7 heteroatoms. The first-order valence-electron chi connectivity index (χ1n) is 5.62. The Bertz CT molecular complexity index is 434. The number of nitrogens with one attached hydrogen (secondary N) is 1. The third kappa shape index (κ3) is 4.06. The first-order valence-corrected chi connectivity index (χ1v) is 6.50. The van der Waals surface area contributed by atoms with Crippen LogP contribution in [0.15, 0.2) is 29.2 Å². The lowest BCUT2D eigenvalue weighted by Crippen LogP contribution is -2.44. The number of thioether (sulfide) groups is 1. The number of halogens is 3. The number of nitrogens with two attached hydrogens (primary N) is 1. The molecule has 1 aromatic rings. The van der Waals surface area contributed by atoms with E-state index in [1.807, 2.05) is 24.3 Å². The second-order valence-electron chi connectivity index (χ2n) is 4.20. The lowest BCUT2D eigenvalue weighted by molar-refractivity contribution is -0.122. The van der Waals surface area contributed by atoms with Crippen LogP contribution in [0.2, 0.25) is 0 Å². The van der Waals surface area contributed by atoms with Crippen LogP contribution in [0.5, 0.6) is 0 Å². The summed E-state index contributed by atoms with van der Waals surface area (Å²) in [7, 11) is 0. The Hall–Kier alpha value is -0.850. The van der Waals surface area contributed by atoms with Gasteiger partial charge in [-0.3, -0.25) is 4.79 Å². The van der Waals surface area contributed by atoms with Crippen molar-refractivity contribution in [3.05, 3.63) is 29.8 Å². The van der Waals surface area contributed by atoms with Crippen molar-refractivity contribution in [3.8, 4) is 0 Å². The van der Waals surface area contributed by atoms with Crippen LogP contribution in [-0.2, 0) is 11.2 Å². The lowest BCUT2D eigenvalue weighted by Gasteiger charge is -2.16. The molecule has 0 saturated carbocycles. The van der Waals surface area contributed by atoms with Gasteiger partial charge in [0.25, 0.3) is 5.92 Å². The zero-order valence-electron chi connectivity index (χ0n) is 10.1. The SMILES string of the molecule is Cl.NCC(F)(F)CNC(=O)C1Cc2ccccc2S1. The molecule has 0 radical (unpaired) electrons. The second kappa shape index (κ2) is 6.54. The minimum absolute atomic E-state index is 0. The molecule has 1 aromatic carbocycles. The molecular formula is C12H15ClF2N2OS. The van der Waals surface area contributed by atoms with E-state index in [9.17, 15) is 13.6 Å². The Labute approximate surface area is 120 Å². The van der Waals surface area contributed by atoms with Crippen LogP contribution < -0.4 is 11.1 Å². The van der Waals surface area contributed by atoms with Gasteiger partial charge in [0, 0.05) is 4.90 Å². The molecule has 19 heavy (non-hydrogen) atoms. The molecule has 1 heterocycles. The Morgan fingerprint density at radius 1 is 1.47 bits per heavy atom. The Morgan fingerprint density at radius 3 is 2.79 bits per heavy atom. The highest BCUT2D eigenvalue weighted by atomic mass is 35.5. The third-order valence-corrected chi connectivity index (χ3v) is 4.08. The number of rotatable bonds is 4. The molecule has 106 valence electrons. The van der Waals surface area contributed by atoms with E-state index in [0.29, 0.717) is 6.42 Å². The summed E-state index contributed by atoms with van der Waals surface area (Å²) in [6.07, 6.45) is 0.584. The van der Waals surface area contributed by atoms with Crippen LogP contribution in [0, 0.1) is 0 Å². The highest BCUT2D eigenvalue weighted by molar-refractivity contribution is 8.01. The molecular weight excluding hydrogens is 294 g/mol. The van der Waals surface area contributed by atoms with Gasteiger partial charge in [-0.1, -0.05) is 18.2 Å². The molecule has 1 aliphatic rings. The average Bonchev–Trinajstić information content (AvgIpc) is 2.80. The molecule has 1 amide bonds. The number of carbonyl (C=O) groups excluding carboxylic acids is 1. The van der Waals surface area contributed by atoms with Crippen molar-refractivity contribution in [2.75, 3.05) is 13.1 Å². The minimum atomic E-state index is -3.04. The molecule has 1 aliphatic heterocycles. The number of amides is 1. The number of hydrogen-bond donors (Lipinski definition) is 2. The Balaban J connectivity index is 0.00000180. The van der Waals surface area contributed by atoms with E-state index in [1.165, 1.54) is 11.8 Å². The molecule has 0 bridgehead atoms. The molecule has 2 rings (SSSR count). The summed E-state index contributed by atoms with van der Waals surface area (Å²) in [6, 6.07) is 7.68. The van der Waals surface area contributed by atoms with Gasteiger partial charge in [-0.25, -0.2) is 8.78 Å². The average molecular weight is 309 g/mol. The van der Waals surface area contributed by atoms with Crippen LogP contribution >= 0.6 is 24.2 Å². The highest BCUT2D eigenvalue weighted by Crippen LogP contribution is 2.36. The van der Waals surface area contributed by atoms with Gasteiger partial charge in [-0.2, -0.15) is 0 Å². The number of benzene rings is 1. The monoisotopic (exact) mass is 308 g/mol. The van der Waals surface area contributed by atoms with Crippen molar-refractivity contribution in [1.82, 2.24) is 5.32 Å². The van der Waals surface area contributed by atoms with Crippen molar-refractivity contribution >= 4 is 30.1 Å². The molecule has 0 saturated heterocycles. The van der Waals surface area contributed by atoms with Crippen molar-refractivity contribution in [3.63, 3.8) is 0 Å². The Morgan fingerprint density at radius 2 is 2.16 bits per heavy atom. The van der Waals surface area contributed by atoms with Crippen molar-refractivity contribution in [1.29, 1.82) is 0 Å². The van der Waals surface area contributed by atoms with E-state index in [0.717, 1.165) is 10.5 Å². The van der Waals surface area contributed by atoms with Crippen LogP contribution in [-0.4, -0.2) is 30.2 Å². The summed E-state index contributed by atoms with van der Waals surface area (Å²) in [4.78, 5) is 12.8. The van der Waals surface area contributed by atoms with E-state index >= 15 is 0 Å². The van der Waals surface area contributed by atoms with Gasteiger partial charge < -0.3 is 11.1 Å². The topological polar surface area (TPSA) is 55.1 Å². The van der Waals surface area contributed by atoms with E-state index in [2.05, 4.69) is 5.32 Å². The van der Waals surface area contributed by atoms with Crippen molar-refractivity contribution in [2.45, 2.75) is 22.5 Å². The normalized spacial score (nSPS) is 17.5. The largest absolute Gasteiger partial charge is 0.349 e. The summed E-state index contributed by atoms with van der Waals surface area (Å²) in [5, 5.41) is 1.94. The number of alkyl halides is 2. The first-order chi connectivity index (χ1) is 8.52. The summed E-state index contributed by atoms with van der Waals surface area (Å²) < 4.78 is 25.8. The van der Waals surface area contributed by atoms with Gasteiger partial charge in [0.05, 0.1) is 18.3 Å². The maximum atomic E-state index is 12.9. The van der Waals surface area contributed by atoms with Crippen LogP contribution in [0.1, 0.15) is 5.56 Å². The van der Waals surface area contributed by atoms with Crippen LogP contribution in [0.25, 0.3) is 0 Å². The molecule has 0 spiro atoms. The van der Waals surface area contributed by atoms with E-state index < -0.39 is 19.0 Å². The molecule has 3 nitrogen and oxygen atoms in total. The molecule has 3 N–H and O–H groups in total. The second-order valence-corrected chi connectivity index (χ2v) is 5.44. The predicted molar refractivity (Wildman–Crippen MR) is 74.1 cm³/mol. The lowest BCUT2D eigenvalue weighted by atomic mass is 10.1. The van der Waals surface area contributed by atoms with Gasteiger partial charge in [-0.05, 0) is 18.1 Å². The fourth-order valence-corrected chi connectivity index (χ4v) is 2.95. The van der Waals surface area contributed by atoms with Crippen LogP contribution in [0.3, 0.4) is 0 Å². The summed E-state index contributed by atoms with van der Waals surface area (Å²) in [6.45, 7) is -1.46. The molecule has 0 fully saturated rings. The Kier molecular flexibility index (Phi) is 5.58. The van der Waals surface area contributed by atoms with Crippen molar-refractivity contribution in [2.24, 2.45) is 5.73 Å². The summed E-state index contributed by atoms with van der Waals surface area (Å²) in [5.74, 6) is -3.39. The third-order valence-electron chi connectivity index (χ3n) is 2.76. The maximum Gasteiger partial charge on any atom is 0.277 e. The smallest absolute Gasteiger partial charge is 0.277 e. The predicted octanol–water partition coefficient (Wildman–Crippen LogP) is 1.84. The van der Waals surface area contributed by atoms with Gasteiger partial charge >= 0.3 is 0 Å². The van der Waals surface area contributed by atoms with E-state index in [4.69, 9.17) is 5.73 Å². The molecule has 1 unspecified atom stereocenters. The quantitative estimate of drug-likeness (QED) is 0.892. The van der Waals surface area contributed by atoms with Crippen molar-refractivity contribution < 1.29 is 13.6 Å². The molecule has 1 atom stereocenters. The maximum absolute atomic E-state index is 12.9. The number of hydrogen-bond acceptors (Lipinski definition) is 3. The fraction of sp³-hybridized carbons (Fsp3) is 0.417. The van der Waals surface area contributed by atoms with E-state index in [-0.39, 0.29) is 23.6 Å². The van der Waals surface area contributed by atoms with Gasteiger partial charge in [0.1, 0.15) is 0 Å². The fourth-order valence-electron chi connectivity index (χ4n) is 1.73.